The summed E-state index contributed by atoms with van der Waals surface area (Å²) >= 11 is 2.05. The van der Waals surface area contributed by atoms with Gasteiger partial charge in [-0.05, 0) is 59.0 Å². The molecule has 0 saturated carbocycles. The molecule has 149 valence electrons. The van der Waals surface area contributed by atoms with Gasteiger partial charge in [-0.25, -0.2) is 8.42 Å². The minimum Gasteiger partial charge on any atom is -0.321 e. The van der Waals surface area contributed by atoms with Crippen LogP contribution in [0.25, 0.3) is 11.0 Å². The second kappa shape index (κ2) is 8.36. The van der Waals surface area contributed by atoms with Crippen LogP contribution < -0.4 is 10.0 Å². The molecule has 0 saturated heterocycles. The zero-order valence-electron chi connectivity index (χ0n) is 15.3. The number of carbonyl (C=O) groups is 1. The zero-order valence-corrected chi connectivity index (χ0v) is 18.3. The minimum atomic E-state index is -4.03. The molecule has 1 heterocycles. The van der Waals surface area contributed by atoms with Crippen LogP contribution >= 0.6 is 22.6 Å². The topological polar surface area (TPSA) is 101 Å². The van der Waals surface area contributed by atoms with Gasteiger partial charge in [-0.2, -0.15) is 0 Å². The average molecular weight is 529 g/mol. The smallest absolute Gasteiger partial charge is 0.264 e. The predicted octanol–water partition coefficient (Wildman–Crippen LogP) is 4.09. The first-order chi connectivity index (χ1) is 14.4. The monoisotopic (exact) mass is 529 g/mol. The van der Waals surface area contributed by atoms with Crippen LogP contribution in [0, 0.1) is 9.64 Å². The van der Waals surface area contributed by atoms with E-state index in [2.05, 4.69) is 48.7 Å². The highest BCUT2D eigenvalue weighted by Crippen LogP contribution is 2.26. The molecule has 0 spiro atoms. The Kier molecular flexibility index (Phi) is 5.64. The molecule has 9 heteroatoms. The van der Waals surface area contributed by atoms with Gasteiger partial charge < -0.3 is 5.32 Å². The molecular weight excluding hydrogens is 515 g/mol. The molecule has 1 radical (unpaired) electrons. The molecule has 0 bridgehead atoms. The number of rotatable bonds is 5. The number of sulfonamides is 1. The van der Waals surface area contributed by atoms with Crippen molar-refractivity contribution >= 4 is 60.9 Å². The summed E-state index contributed by atoms with van der Waals surface area (Å²) in [5.41, 5.74) is 1.54. The summed E-state index contributed by atoms with van der Waals surface area (Å²) in [6.45, 7) is 0. The Morgan fingerprint density at radius 2 is 1.83 bits per heavy atom. The van der Waals surface area contributed by atoms with E-state index < -0.39 is 15.9 Å². The van der Waals surface area contributed by atoms with Gasteiger partial charge in [-0.15, -0.1) is 0 Å². The quantitative estimate of drug-likeness (QED) is 0.380. The molecule has 4 rings (SSSR count). The number of hydrogen-bond acceptors (Lipinski definition) is 5. The first-order valence-electron chi connectivity index (χ1n) is 8.74. The van der Waals surface area contributed by atoms with Crippen LogP contribution in [0.3, 0.4) is 0 Å². The Morgan fingerprint density at radius 3 is 2.63 bits per heavy atom. The number of nitrogens with zero attached hydrogens (tertiary/aromatic N) is 2. The molecule has 4 aromatic rings. The predicted molar refractivity (Wildman–Crippen MR) is 123 cm³/mol. The van der Waals surface area contributed by atoms with E-state index in [1.165, 1.54) is 18.5 Å². The number of carbonyl (C=O) groups excluding carboxylic acids is 1. The lowest BCUT2D eigenvalue weighted by Gasteiger charge is -2.14. The van der Waals surface area contributed by atoms with Gasteiger partial charge in [0.15, 0.2) is 0 Å². The lowest BCUT2D eigenvalue weighted by molar-refractivity contribution is 0.102. The number of anilines is 2. The highest BCUT2D eigenvalue weighted by Gasteiger charge is 2.22. The van der Waals surface area contributed by atoms with Crippen molar-refractivity contribution < 1.29 is 13.2 Å². The third-order valence-corrected chi connectivity index (χ3v) is 6.25. The van der Waals surface area contributed by atoms with Crippen molar-refractivity contribution in [1.29, 1.82) is 0 Å². The third-order valence-electron chi connectivity index (χ3n) is 4.18. The molecule has 7 nitrogen and oxygen atoms in total. The summed E-state index contributed by atoms with van der Waals surface area (Å²) < 4.78 is 29.6. The Morgan fingerprint density at radius 1 is 1.00 bits per heavy atom. The Bertz CT molecular complexity index is 1340. The maximum Gasteiger partial charge on any atom is 0.264 e. The molecule has 3 aromatic carbocycles. The maximum atomic E-state index is 13.1. The summed E-state index contributed by atoms with van der Waals surface area (Å²) in [5, 5.41) is 2.72. The molecule has 0 unspecified atom stereocenters. The number of halogens is 1. The second-order valence-corrected chi connectivity index (χ2v) is 9.10. The summed E-state index contributed by atoms with van der Waals surface area (Å²) in [6.07, 6.45) is 2.93. The van der Waals surface area contributed by atoms with Crippen LogP contribution in [0.2, 0.25) is 0 Å². The fraction of sp³-hybridized carbons (Fsp3) is 0. The molecule has 0 fully saturated rings. The van der Waals surface area contributed by atoms with Gasteiger partial charge in [0.05, 0.1) is 16.8 Å². The molecule has 1 amide bonds. The Labute approximate surface area is 186 Å². The van der Waals surface area contributed by atoms with Gasteiger partial charge >= 0.3 is 0 Å². The maximum absolute atomic E-state index is 13.1. The zero-order chi connectivity index (χ0) is 21.1. The van der Waals surface area contributed by atoms with Crippen LogP contribution in [-0.2, 0) is 10.0 Å². The van der Waals surface area contributed by atoms with Crippen LogP contribution in [0.1, 0.15) is 10.4 Å². The summed E-state index contributed by atoms with van der Waals surface area (Å²) in [7, 11) is -4.03. The van der Waals surface area contributed by atoms with E-state index in [4.69, 9.17) is 0 Å². The number of fused-ring (bicyclic) bond motifs is 1. The van der Waals surface area contributed by atoms with E-state index >= 15 is 0 Å². The normalized spacial score (nSPS) is 11.2. The van der Waals surface area contributed by atoms with Crippen molar-refractivity contribution in [2.24, 2.45) is 0 Å². The van der Waals surface area contributed by atoms with Crippen molar-refractivity contribution in [2.75, 3.05) is 10.0 Å². The third kappa shape index (κ3) is 4.26. The fourth-order valence-corrected chi connectivity index (χ4v) is 4.57. The van der Waals surface area contributed by atoms with Crippen molar-refractivity contribution in [3.05, 3.63) is 88.3 Å². The van der Waals surface area contributed by atoms with E-state index in [9.17, 15) is 13.2 Å². The van der Waals surface area contributed by atoms with Gasteiger partial charge in [-0.1, -0.05) is 24.3 Å². The summed E-state index contributed by atoms with van der Waals surface area (Å²) in [4.78, 5) is 21.1. The fourth-order valence-electron chi connectivity index (χ4n) is 2.84. The summed E-state index contributed by atoms with van der Waals surface area (Å²) in [5.74, 6) is -0.454. The van der Waals surface area contributed by atoms with E-state index in [0.29, 0.717) is 11.2 Å². The van der Waals surface area contributed by atoms with Crippen molar-refractivity contribution in [2.45, 2.75) is 4.90 Å². The van der Waals surface area contributed by atoms with Gasteiger partial charge in [0.25, 0.3) is 15.9 Å². The van der Waals surface area contributed by atoms with Crippen molar-refractivity contribution in [3.8, 4) is 0 Å². The molecule has 0 aliphatic rings. The van der Waals surface area contributed by atoms with Crippen molar-refractivity contribution in [3.63, 3.8) is 0 Å². The second-order valence-electron chi connectivity index (χ2n) is 6.21. The van der Waals surface area contributed by atoms with E-state index in [1.54, 1.807) is 54.6 Å². The Balaban J connectivity index is 1.72. The average Bonchev–Trinajstić information content (AvgIpc) is 2.73. The molecule has 0 aliphatic heterocycles. The highest BCUT2D eigenvalue weighted by atomic mass is 127. The number of nitrogens with one attached hydrogen (secondary N) is 2. The lowest BCUT2D eigenvalue weighted by atomic mass is 10.1. The number of aromatic nitrogens is 2. The van der Waals surface area contributed by atoms with Crippen LogP contribution in [-0.4, -0.2) is 24.3 Å². The van der Waals surface area contributed by atoms with E-state index in [1.807, 2.05) is 0 Å². The molecule has 0 aliphatic carbocycles. The number of para-hydroxylation sites is 2. The molecule has 0 atom stereocenters. The lowest BCUT2D eigenvalue weighted by Crippen LogP contribution is -2.19. The van der Waals surface area contributed by atoms with Gasteiger partial charge in [0.1, 0.15) is 10.4 Å². The Hall–Kier alpha value is -3.05. The first-order valence-corrected chi connectivity index (χ1v) is 11.3. The highest BCUT2D eigenvalue weighted by molar-refractivity contribution is 14.1. The van der Waals surface area contributed by atoms with Crippen LogP contribution in [0.5, 0.6) is 0 Å². The van der Waals surface area contributed by atoms with E-state index in [-0.39, 0.29) is 21.7 Å². The minimum absolute atomic E-state index is 0.0188. The van der Waals surface area contributed by atoms with E-state index in [0.717, 1.165) is 3.57 Å². The molecular formula is C21H14IN4O3S. The molecule has 30 heavy (non-hydrogen) atoms. The van der Waals surface area contributed by atoms with Crippen LogP contribution in [0.15, 0.2) is 78.0 Å². The molecule has 1 aromatic heterocycles. The SMILES string of the molecule is O=C(Nc1[c]cccc1)c1ccc(I)cc1NS(=O)(=O)c1cccc2nccnc12. The number of hydrogen-bond donors (Lipinski definition) is 2. The number of amides is 1. The van der Waals surface area contributed by atoms with Crippen LogP contribution in [0.4, 0.5) is 11.4 Å². The molecule has 2 N–H and O–H groups in total. The number of benzene rings is 3. The standard InChI is InChI=1S/C21H14IN4O3S/c22-14-9-10-16(21(27)25-15-5-2-1-3-6-15)18(13-14)26-30(28,29)19-8-4-7-17-20(19)24-12-11-23-17/h1-5,7-13,26H,(H,25,27). The largest absolute Gasteiger partial charge is 0.321 e. The van der Waals surface area contributed by atoms with Gasteiger partial charge in [0, 0.05) is 27.7 Å². The van der Waals surface area contributed by atoms with Gasteiger partial charge in [-0.3, -0.25) is 19.5 Å². The van der Waals surface area contributed by atoms with Gasteiger partial charge in [0.2, 0.25) is 0 Å². The summed E-state index contributed by atoms with van der Waals surface area (Å²) in [6, 6.07) is 19.5. The van der Waals surface area contributed by atoms with Crippen molar-refractivity contribution in [1.82, 2.24) is 9.97 Å². The first kappa shape index (κ1) is 20.2.